The molecule has 19 heavy (non-hydrogen) atoms. The molecule has 1 unspecified atom stereocenters. The van der Waals surface area contributed by atoms with Gasteiger partial charge in [-0.05, 0) is 60.0 Å². The molecule has 1 atom stereocenters. The number of thioether (sulfide) groups is 1. The third-order valence-corrected chi connectivity index (χ3v) is 4.65. The second-order valence-corrected chi connectivity index (χ2v) is 6.32. The Morgan fingerprint density at radius 1 is 1.26 bits per heavy atom. The molecular formula is C15H19NOS2. The Bertz CT molecular complexity index is 467. The van der Waals surface area contributed by atoms with Crippen LogP contribution in [-0.2, 0) is 0 Å². The molecule has 1 aromatic carbocycles. The number of thiophene rings is 1. The average Bonchev–Trinajstić information content (AvgIpc) is 2.95. The first-order valence-corrected chi connectivity index (χ1v) is 8.35. The SMILES string of the molecule is CC(Nc1ccc(SCCCO)cc1)c1ccsc1. The third kappa shape index (κ3) is 4.56. The van der Waals surface area contributed by atoms with E-state index in [9.17, 15) is 0 Å². The minimum atomic E-state index is 0.269. The van der Waals surface area contributed by atoms with E-state index in [4.69, 9.17) is 5.11 Å². The van der Waals surface area contributed by atoms with E-state index in [1.165, 1.54) is 10.5 Å². The molecule has 0 amide bonds. The molecule has 4 heteroatoms. The van der Waals surface area contributed by atoms with Gasteiger partial charge in [-0.25, -0.2) is 0 Å². The number of hydrogen-bond acceptors (Lipinski definition) is 4. The fraction of sp³-hybridized carbons (Fsp3) is 0.333. The minimum absolute atomic E-state index is 0.269. The van der Waals surface area contributed by atoms with Crippen molar-refractivity contribution in [2.75, 3.05) is 17.7 Å². The van der Waals surface area contributed by atoms with Gasteiger partial charge in [-0.1, -0.05) is 0 Å². The molecule has 2 N–H and O–H groups in total. The van der Waals surface area contributed by atoms with E-state index in [2.05, 4.69) is 53.3 Å². The lowest BCUT2D eigenvalue weighted by atomic mass is 10.2. The number of hydrogen-bond donors (Lipinski definition) is 2. The summed E-state index contributed by atoms with van der Waals surface area (Å²) in [6, 6.07) is 11.0. The topological polar surface area (TPSA) is 32.3 Å². The van der Waals surface area contributed by atoms with Crippen LogP contribution < -0.4 is 5.32 Å². The number of anilines is 1. The maximum absolute atomic E-state index is 8.76. The van der Waals surface area contributed by atoms with Gasteiger partial charge in [0.2, 0.25) is 0 Å². The van der Waals surface area contributed by atoms with Gasteiger partial charge < -0.3 is 10.4 Å². The van der Waals surface area contributed by atoms with E-state index in [0.29, 0.717) is 6.04 Å². The molecule has 1 aromatic heterocycles. The molecule has 0 saturated carbocycles. The minimum Gasteiger partial charge on any atom is -0.396 e. The van der Waals surface area contributed by atoms with Gasteiger partial charge in [0.15, 0.2) is 0 Å². The summed E-state index contributed by atoms with van der Waals surface area (Å²) in [5.74, 6) is 0.967. The van der Waals surface area contributed by atoms with Crippen LogP contribution >= 0.6 is 23.1 Å². The first-order valence-electron chi connectivity index (χ1n) is 6.42. The second-order valence-electron chi connectivity index (χ2n) is 4.37. The lowest BCUT2D eigenvalue weighted by Crippen LogP contribution is -2.05. The van der Waals surface area contributed by atoms with Crippen LogP contribution in [-0.4, -0.2) is 17.5 Å². The van der Waals surface area contributed by atoms with Crippen LogP contribution in [0, 0.1) is 0 Å². The van der Waals surface area contributed by atoms with Gasteiger partial charge in [0, 0.05) is 29.0 Å². The summed E-state index contributed by atoms with van der Waals surface area (Å²) in [6.07, 6.45) is 0.847. The van der Waals surface area contributed by atoms with E-state index in [1.807, 2.05) is 0 Å². The van der Waals surface area contributed by atoms with Crippen molar-refractivity contribution in [1.29, 1.82) is 0 Å². The van der Waals surface area contributed by atoms with E-state index in [-0.39, 0.29) is 6.61 Å². The Labute approximate surface area is 122 Å². The highest BCUT2D eigenvalue weighted by Gasteiger charge is 2.05. The number of nitrogens with one attached hydrogen (secondary N) is 1. The molecule has 0 aliphatic rings. The highest BCUT2D eigenvalue weighted by molar-refractivity contribution is 7.99. The van der Waals surface area contributed by atoms with E-state index in [0.717, 1.165) is 17.9 Å². The van der Waals surface area contributed by atoms with Crippen molar-refractivity contribution in [3.63, 3.8) is 0 Å². The molecule has 0 aliphatic carbocycles. The predicted molar refractivity (Wildman–Crippen MR) is 85.2 cm³/mol. The van der Waals surface area contributed by atoms with Gasteiger partial charge in [-0.15, -0.1) is 11.8 Å². The summed E-state index contributed by atoms with van der Waals surface area (Å²) in [6.45, 7) is 2.44. The Morgan fingerprint density at radius 3 is 2.68 bits per heavy atom. The zero-order valence-corrected chi connectivity index (χ0v) is 12.6. The number of benzene rings is 1. The average molecular weight is 293 g/mol. The molecule has 2 aromatic rings. The Morgan fingerprint density at radius 2 is 2.05 bits per heavy atom. The largest absolute Gasteiger partial charge is 0.396 e. The molecule has 0 spiro atoms. The fourth-order valence-electron chi connectivity index (χ4n) is 1.76. The summed E-state index contributed by atoms with van der Waals surface area (Å²) in [4.78, 5) is 1.25. The molecule has 2 nitrogen and oxygen atoms in total. The molecule has 0 aliphatic heterocycles. The number of rotatable bonds is 7. The molecule has 0 saturated heterocycles. The van der Waals surface area contributed by atoms with Crippen molar-refractivity contribution < 1.29 is 5.11 Å². The van der Waals surface area contributed by atoms with Crippen molar-refractivity contribution in [3.8, 4) is 0 Å². The lowest BCUT2D eigenvalue weighted by molar-refractivity contribution is 0.296. The van der Waals surface area contributed by atoms with Gasteiger partial charge in [0.25, 0.3) is 0 Å². The summed E-state index contributed by atoms with van der Waals surface area (Å²) in [5, 5.41) is 16.5. The van der Waals surface area contributed by atoms with Crippen LogP contribution in [0.2, 0.25) is 0 Å². The van der Waals surface area contributed by atoms with E-state index in [1.54, 1.807) is 23.1 Å². The quantitative estimate of drug-likeness (QED) is 0.586. The summed E-state index contributed by atoms with van der Waals surface area (Å²) >= 11 is 3.51. The Balaban J connectivity index is 1.88. The van der Waals surface area contributed by atoms with Crippen LogP contribution in [0.1, 0.15) is 24.9 Å². The highest BCUT2D eigenvalue weighted by Crippen LogP contribution is 2.24. The molecule has 102 valence electrons. The summed E-state index contributed by atoms with van der Waals surface area (Å²) in [5.41, 5.74) is 2.47. The number of aliphatic hydroxyl groups excluding tert-OH is 1. The van der Waals surface area contributed by atoms with Crippen molar-refractivity contribution in [3.05, 3.63) is 46.7 Å². The standard InChI is InChI=1S/C15H19NOS2/c1-12(13-7-10-18-11-13)16-14-3-5-15(6-4-14)19-9-2-8-17/h3-7,10-12,16-17H,2,8-9H2,1H3. The first-order chi connectivity index (χ1) is 9.29. The molecule has 1 heterocycles. The normalized spacial score (nSPS) is 12.3. The maximum atomic E-state index is 8.76. The first kappa shape index (κ1) is 14.4. The monoisotopic (exact) mass is 293 g/mol. The maximum Gasteiger partial charge on any atom is 0.0493 e. The Hall–Kier alpha value is -0.970. The van der Waals surface area contributed by atoms with Crippen molar-refractivity contribution in [2.24, 2.45) is 0 Å². The van der Waals surface area contributed by atoms with Crippen LogP contribution in [0.3, 0.4) is 0 Å². The highest BCUT2D eigenvalue weighted by atomic mass is 32.2. The van der Waals surface area contributed by atoms with Gasteiger partial charge in [-0.2, -0.15) is 11.3 Å². The lowest BCUT2D eigenvalue weighted by Gasteiger charge is -2.14. The van der Waals surface area contributed by atoms with Gasteiger partial charge in [-0.3, -0.25) is 0 Å². The predicted octanol–water partition coefficient (Wildman–Crippen LogP) is 4.40. The van der Waals surface area contributed by atoms with Crippen molar-refractivity contribution in [2.45, 2.75) is 24.3 Å². The van der Waals surface area contributed by atoms with E-state index < -0.39 is 0 Å². The van der Waals surface area contributed by atoms with Crippen molar-refractivity contribution >= 4 is 28.8 Å². The number of aliphatic hydroxyl groups is 1. The summed E-state index contributed by atoms with van der Waals surface area (Å²) in [7, 11) is 0. The molecular weight excluding hydrogens is 274 g/mol. The molecule has 0 radical (unpaired) electrons. The van der Waals surface area contributed by atoms with Crippen LogP contribution in [0.25, 0.3) is 0 Å². The zero-order chi connectivity index (χ0) is 13.5. The second kappa shape index (κ2) is 7.58. The molecule has 0 bridgehead atoms. The van der Waals surface area contributed by atoms with Crippen molar-refractivity contribution in [1.82, 2.24) is 0 Å². The van der Waals surface area contributed by atoms with Gasteiger partial charge in [0.05, 0.1) is 0 Å². The van der Waals surface area contributed by atoms with Crippen LogP contribution in [0.15, 0.2) is 46.0 Å². The van der Waals surface area contributed by atoms with Crippen LogP contribution in [0.5, 0.6) is 0 Å². The Kier molecular flexibility index (Phi) is 5.76. The zero-order valence-electron chi connectivity index (χ0n) is 11.0. The van der Waals surface area contributed by atoms with E-state index >= 15 is 0 Å². The van der Waals surface area contributed by atoms with Gasteiger partial charge in [0.1, 0.15) is 0 Å². The fourth-order valence-corrected chi connectivity index (χ4v) is 3.35. The van der Waals surface area contributed by atoms with Crippen LogP contribution in [0.4, 0.5) is 5.69 Å². The molecule has 2 rings (SSSR count). The van der Waals surface area contributed by atoms with Gasteiger partial charge >= 0.3 is 0 Å². The third-order valence-electron chi connectivity index (χ3n) is 2.85. The molecule has 0 fully saturated rings. The smallest absolute Gasteiger partial charge is 0.0493 e. The summed E-state index contributed by atoms with van der Waals surface area (Å²) < 4.78 is 0.